The molecule has 0 fully saturated rings. The third-order valence-corrected chi connectivity index (χ3v) is 4.96. The van der Waals surface area contributed by atoms with Crippen LogP contribution in [-0.2, 0) is 22.6 Å². The molecular formula is C22H25ClN4O4. The van der Waals surface area contributed by atoms with Crippen LogP contribution in [0.4, 0.5) is 5.82 Å². The predicted octanol–water partition coefficient (Wildman–Crippen LogP) is 2.03. The summed E-state index contributed by atoms with van der Waals surface area (Å²) < 4.78 is 11.2. The summed E-state index contributed by atoms with van der Waals surface area (Å²) in [7, 11) is 3.49. The maximum Gasteiger partial charge on any atom is 0.247 e. The summed E-state index contributed by atoms with van der Waals surface area (Å²) in [6.45, 7) is 1.96. The molecule has 8 nitrogen and oxygen atoms in total. The van der Waals surface area contributed by atoms with Crippen molar-refractivity contribution in [1.29, 1.82) is 0 Å². The van der Waals surface area contributed by atoms with E-state index in [1.165, 1.54) is 0 Å². The minimum absolute atomic E-state index is 0. The van der Waals surface area contributed by atoms with Crippen molar-refractivity contribution in [3.8, 4) is 11.5 Å². The van der Waals surface area contributed by atoms with Gasteiger partial charge in [-0.3, -0.25) is 14.5 Å². The van der Waals surface area contributed by atoms with Crippen molar-refractivity contribution < 1.29 is 19.1 Å². The van der Waals surface area contributed by atoms with Crippen LogP contribution < -0.4 is 20.1 Å². The number of carbonyl (C=O) groups is 2. The summed E-state index contributed by atoms with van der Waals surface area (Å²) >= 11 is 0. The van der Waals surface area contributed by atoms with Gasteiger partial charge in [0.15, 0.2) is 11.5 Å². The zero-order valence-corrected chi connectivity index (χ0v) is 18.3. The van der Waals surface area contributed by atoms with E-state index in [-0.39, 0.29) is 24.2 Å². The zero-order chi connectivity index (χ0) is 21.1. The molecule has 0 unspecified atom stereocenters. The van der Waals surface area contributed by atoms with Crippen LogP contribution in [0.1, 0.15) is 16.7 Å². The molecule has 3 heterocycles. The van der Waals surface area contributed by atoms with Crippen molar-refractivity contribution in [2.45, 2.75) is 13.0 Å². The number of nitrogens with zero attached hydrogens (tertiary/aromatic N) is 2. The van der Waals surface area contributed by atoms with Crippen molar-refractivity contribution >= 4 is 36.1 Å². The van der Waals surface area contributed by atoms with Gasteiger partial charge in [0, 0.05) is 37.3 Å². The summed E-state index contributed by atoms with van der Waals surface area (Å²) in [6, 6.07) is 7.67. The number of halogens is 1. The van der Waals surface area contributed by atoms with Gasteiger partial charge in [0.05, 0.1) is 6.54 Å². The van der Waals surface area contributed by atoms with Gasteiger partial charge in [0.1, 0.15) is 19.0 Å². The Kier molecular flexibility index (Phi) is 7.14. The summed E-state index contributed by atoms with van der Waals surface area (Å²) in [5.74, 6) is 1.73. The van der Waals surface area contributed by atoms with Crippen LogP contribution in [0.15, 0.2) is 36.0 Å². The first-order valence-corrected chi connectivity index (χ1v) is 9.80. The molecular weight excluding hydrogens is 420 g/mol. The molecule has 0 saturated carbocycles. The number of likely N-dealkylation sites (N-methyl/N-ethyl adjacent to an activating group) is 2. The molecule has 0 radical (unpaired) electrons. The number of aromatic nitrogens is 1. The lowest BCUT2D eigenvalue weighted by Crippen LogP contribution is -2.26. The van der Waals surface area contributed by atoms with Gasteiger partial charge in [-0.2, -0.15) is 0 Å². The number of rotatable bonds is 4. The maximum atomic E-state index is 12.5. The largest absolute Gasteiger partial charge is 0.486 e. The number of nitrogens with one attached hydrogen (secondary N) is 2. The molecule has 1 aromatic heterocycles. The topological polar surface area (TPSA) is 92.8 Å². The van der Waals surface area contributed by atoms with Crippen LogP contribution in [-0.4, -0.2) is 55.6 Å². The minimum Gasteiger partial charge on any atom is -0.486 e. The first-order chi connectivity index (χ1) is 14.5. The van der Waals surface area contributed by atoms with Crippen LogP contribution in [0.25, 0.3) is 6.08 Å². The van der Waals surface area contributed by atoms with E-state index in [1.54, 1.807) is 13.2 Å². The highest BCUT2D eigenvalue weighted by molar-refractivity contribution is 5.98. The van der Waals surface area contributed by atoms with Crippen molar-refractivity contribution in [2.24, 2.45) is 0 Å². The first-order valence-electron chi connectivity index (χ1n) is 9.80. The van der Waals surface area contributed by atoms with Crippen LogP contribution in [0.5, 0.6) is 11.5 Å². The number of hydrogen-bond acceptors (Lipinski definition) is 6. The molecule has 1 aromatic carbocycles. The number of ether oxygens (including phenoxy) is 2. The fraction of sp³-hybridized carbons (Fsp3) is 0.318. The third-order valence-electron chi connectivity index (χ3n) is 4.96. The lowest BCUT2D eigenvalue weighted by molar-refractivity contribution is -0.117. The standard InChI is InChI=1S/C22H24N4O4.ClH/c1-23-22(28)16(7-14-3-4-18-19(10-14)30-6-5-29-18)8-15-9-17-12-26(2)13-20(27)25-21(17)24-11-15;/h3-4,8-11H,5-7,12-13H2,1-2H3,(H,23,28)(H,24,25,27);1H. The first kappa shape index (κ1) is 22.6. The molecule has 2 aromatic rings. The summed E-state index contributed by atoms with van der Waals surface area (Å²) in [4.78, 5) is 30.7. The highest BCUT2D eigenvalue weighted by Gasteiger charge is 2.18. The highest BCUT2D eigenvalue weighted by atomic mass is 35.5. The van der Waals surface area contributed by atoms with E-state index in [0.717, 1.165) is 22.4 Å². The number of anilines is 1. The fourth-order valence-electron chi connectivity index (χ4n) is 3.58. The summed E-state index contributed by atoms with van der Waals surface area (Å²) in [5.41, 5.74) is 3.26. The normalized spacial score (nSPS) is 15.8. The van der Waals surface area contributed by atoms with E-state index in [0.29, 0.717) is 49.9 Å². The Labute approximate surface area is 187 Å². The van der Waals surface area contributed by atoms with E-state index in [9.17, 15) is 9.59 Å². The van der Waals surface area contributed by atoms with E-state index in [4.69, 9.17) is 9.47 Å². The maximum absolute atomic E-state index is 12.5. The van der Waals surface area contributed by atoms with Gasteiger partial charge < -0.3 is 20.1 Å². The molecule has 2 aliphatic rings. The van der Waals surface area contributed by atoms with Gasteiger partial charge in [-0.25, -0.2) is 4.98 Å². The van der Waals surface area contributed by atoms with Gasteiger partial charge in [0.2, 0.25) is 11.8 Å². The molecule has 0 saturated heterocycles. The fourth-order valence-corrected chi connectivity index (χ4v) is 3.58. The van der Waals surface area contributed by atoms with Gasteiger partial charge in [-0.15, -0.1) is 12.4 Å². The van der Waals surface area contributed by atoms with Crippen molar-refractivity contribution in [1.82, 2.24) is 15.2 Å². The van der Waals surface area contributed by atoms with Crippen molar-refractivity contribution in [3.63, 3.8) is 0 Å². The molecule has 0 aliphatic carbocycles. The molecule has 2 aliphatic heterocycles. The van der Waals surface area contributed by atoms with E-state index >= 15 is 0 Å². The molecule has 31 heavy (non-hydrogen) atoms. The molecule has 164 valence electrons. The molecule has 2 N–H and O–H groups in total. The van der Waals surface area contributed by atoms with Crippen LogP contribution in [0.3, 0.4) is 0 Å². The zero-order valence-electron chi connectivity index (χ0n) is 17.4. The van der Waals surface area contributed by atoms with Gasteiger partial charge in [-0.1, -0.05) is 6.07 Å². The molecule has 4 rings (SSSR count). The Morgan fingerprint density at radius 3 is 2.77 bits per heavy atom. The lowest BCUT2D eigenvalue weighted by Gasteiger charge is -2.19. The quantitative estimate of drug-likeness (QED) is 0.701. The Morgan fingerprint density at radius 1 is 1.23 bits per heavy atom. The predicted molar refractivity (Wildman–Crippen MR) is 120 cm³/mol. The Hall–Kier alpha value is -3.10. The second kappa shape index (κ2) is 9.80. The van der Waals surface area contributed by atoms with Crippen LogP contribution in [0, 0.1) is 0 Å². The smallest absolute Gasteiger partial charge is 0.247 e. The number of carbonyl (C=O) groups excluding carboxylic acids is 2. The Morgan fingerprint density at radius 2 is 2.00 bits per heavy atom. The van der Waals surface area contributed by atoms with Gasteiger partial charge in [0.25, 0.3) is 0 Å². The number of amides is 2. The molecule has 2 amide bonds. The average molecular weight is 445 g/mol. The summed E-state index contributed by atoms with van der Waals surface area (Å²) in [6.07, 6.45) is 3.93. The van der Waals surface area contributed by atoms with Crippen molar-refractivity contribution in [2.75, 3.05) is 39.2 Å². The van der Waals surface area contributed by atoms with Gasteiger partial charge >= 0.3 is 0 Å². The Bertz CT molecular complexity index is 1020. The molecule has 0 spiro atoms. The highest BCUT2D eigenvalue weighted by Crippen LogP contribution is 2.31. The molecule has 9 heteroatoms. The van der Waals surface area contributed by atoms with E-state index < -0.39 is 0 Å². The number of fused-ring (bicyclic) bond motifs is 2. The van der Waals surface area contributed by atoms with Crippen LogP contribution in [0.2, 0.25) is 0 Å². The lowest BCUT2D eigenvalue weighted by atomic mass is 10.0. The number of benzene rings is 1. The number of pyridine rings is 1. The van der Waals surface area contributed by atoms with Gasteiger partial charge in [-0.05, 0) is 42.4 Å². The molecule has 0 atom stereocenters. The Balaban J connectivity index is 0.00000272. The summed E-state index contributed by atoms with van der Waals surface area (Å²) in [5, 5.41) is 5.52. The van der Waals surface area contributed by atoms with E-state index in [1.807, 2.05) is 42.3 Å². The van der Waals surface area contributed by atoms with E-state index in [2.05, 4.69) is 15.6 Å². The average Bonchev–Trinajstić information content (AvgIpc) is 2.88. The second-order valence-electron chi connectivity index (χ2n) is 7.40. The SMILES string of the molecule is CNC(=O)C(=Cc1cnc2c(c1)CN(C)CC(=O)N2)Cc1ccc2c(c1)OCCO2.Cl. The molecule has 0 bridgehead atoms. The monoisotopic (exact) mass is 444 g/mol. The number of hydrogen-bond donors (Lipinski definition) is 2. The van der Waals surface area contributed by atoms with Crippen molar-refractivity contribution in [3.05, 3.63) is 52.7 Å². The van der Waals surface area contributed by atoms with Crippen LogP contribution >= 0.6 is 12.4 Å². The second-order valence-corrected chi connectivity index (χ2v) is 7.40. The third kappa shape index (κ3) is 5.34. The minimum atomic E-state index is -0.162.